The summed E-state index contributed by atoms with van der Waals surface area (Å²) in [6.45, 7) is 8.78. The summed E-state index contributed by atoms with van der Waals surface area (Å²) in [5, 5.41) is 3.69. The molecule has 0 aliphatic carbocycles. The fraction of sp³-hybridized carbons (Fsp3) is 0.240. The van der Waals surface area contributed by atoms with Gasteiger partial charge in [-0.3, -0.25) is 4.79 Å². The van der Waals surface area contributed by atoms with Gasteiger partial charge in [0.1, 0.15) is 18.1 Å². The summed E-state index contributed by atoms with van der Waals surface area (Å²) in [6, 6.07) is 12.3. The van der Waals surface area contributed by atoms with E-state index in [0.29, 0.717) is 38.7 Å². The van der Waals surface area contributed by atoms with Gasteiger partial charge >= 0.3 is 0 Å². The number of aryl methyl sites for hydroxylation is 2. The molecule has 0 saturated heterocycles. The van der Waals surface area contributed by atoms with Crippen LogP contribution in [0.5, 0.6) is 11.5 Å². The molecular formula is C25H24Cl3NO3. The second kappa shape index (κ2) is 10.5. The molecule has 0 fully saturated rings. The van der Waals surface area contributed by atoms with Crippen molar-refractivity contribution in [1.82, 2.24) is 0 Å². The molecule has 3 aromatic carbocycles. The maximum atomic E-state index is 12.9. The summed E-state index contributed by atoms with van der Waals surface area (Å²) in [4.78, 5) is 12.9. The van der Waals surface area contributed by atoms with Crippen LogP contribution >= 0.6 is 34.8 Å². The average Bonchev–Trinajstić information content (AvgIpc) is 2.74. The van der Waals surface area contributed by atoms with E-state index >= 15 is 0 Å². The molecule has 0 unspecified atom stereocenters. The predicted octanol–water partition coefficient (Wildman–Crippen LogP) is 7.80. The molecule has 168 valence electrons. The van der Waals surface area contributed by atoms with E-state index in [0.717, 1.165) is 28.0 Å². The van der Waals surface area contributed by atoms with E-state index in [-0.39, 0.29) is 12.5 Å². The summed E-state index contributed by atoms with van der Waals surface area (Å²) in [7, 11) is 0. The number of carbonyl (C=O) groups excluding carboxylic acids is 1. The number of amides is 1. The Balaban J connectivity index is 1.86. The van der Waals surface area contributed by atoms with Gasteiger partial charge in [-0.2, -0.15) is 0 Å². The quantitative estimate of drug-likeness (QED) is 0.342. The van der Waals surface area contributed by atoms with Crippen LogP contribution in [-0.4, -0.2) is 12.5 Å². The molecule has 32 heavy (non-hydrogen) atoms. The van der Waals surface area contributed by atoms with Crippen molar-refractivity contribution in [1.29, 1.82) is 0 Å². The topological polar surface area (TPSA) is 47.6 Å². The van der Waals surface area contributed by atoms with E-state index in [1.165, 1.54) is 12.1 Å². The van der Waals surface area contributed by atoms with E-state index < -0.39 is 0 Å². The van der Waals surface area contributed by atoms with E-state index in [4.69, 9.17) is 44.3 Å². The minimum Gasteiger partial charge on any atom is -0.493 e. The van der Waals surface area contributed by atoms with Crippen LogP contribution < -0.4 is 14.8 Å². The molecule has 0 saturated carbocycles. The fourth-order valence-corrected chi connectivity index (χ4v) is 3.84. The molecule has 0 spiro atoms. The maximum Gasteiger partial charge on any atom is 0.255 e. The number of benzene rings is 3. The Morgan fingerprint density at radius 2 is 1.59 bits per heavy atom. The monoisotopic (exact) mass is 491 g/mol. The minimum absolute atomic E-state index is 0.258. The molecule has 7 heteroatoms. The second-order valence-corrected chi connectivity index (χ2v) is 8.67. The van der Waals surface area contributed by atoms with E-state index in [1.54, 1.807) is 18.2 Å². The number of halogens is 3. The van der Waals surface area contributed by atoms with Crippen LogP contribution in [0.3, 0.4) is 0 Å². The van der Waals surface area contributed by atoms with Crippen molar-refractivity contribution in [3.05, 3.63) is 85.3 Å². The van der Waals surface area contributed by atoms with E-state index in [9.17, 15) is 4.79 Å². The van der Waals surface area contributed by atoms with Gasteiger partial charge in [0.2, 0.25) is 0 Å². The number of rotatable bonds is 7. The number of nitrogens with one attached hydrogen (secondary N) is 1. The molecule has 0 atom stereocenters. The van der Waals surface area contributed by atoms with Crippen LogP contribution in [-0.2, 0) is 6.61 Å². The Morgan fingerprint density at radius 1 is 0.875 bits per heavy atom. The molecular weight excluding hydrogens is 469 g/mol. The molecule has 3 aromatic rings. The van der Waals surface area contributed by atoms with Gasteiger partial charge < -0.3 is 14.8 Å². The van der Waals surface area contributed by atoms with Gasteiger partial charge in [-0.05, 0) is 80.8 Å². The van der Waals surface area contributed by atoms with Gasteiger partial charge in [0.05, 0.1) is 27.4 Å². The summed E-state index contributed by atoms with van der Waals surface area (Å²) >= 11 is 18.2. The molecule has 0 aromatic heterocycles. The zero-order chi connectivity index (χ0) is 23.4. The summed E-state index contributed by atoms with van der Waals surface area (Å²) in [5.41, 5.74) is 4.95. The molecule has 4 nitrogen and oxygen atoms in total. The Morgan fingerprint density at radius 3 is 2.31 bits per heavy atom. The number of anilines is 1. The highest BCUT2D eigenvalue weighted by Gasteiger charge is 2.15. The third kappa shape index (κ3) is 5.69. The summed E-state index contributed by atoms with van der Waals surface area (Å²) < 4.78 is 11.8. The lowest BCUT2D eigenvalue weighted by Gasteiger charge is -2.16. The second-order valence-electron chi connectivity index (χ2n) is 7.45. The van der Waals surface area contributed by atoms with Gasteiger partial charge in [0.15, 0.2) is 0 Å². The van der Waals surface area contributed by atoms with Gasteiger partial charge in [-0.15, -0.1) is 0 Å². The highest BCUT2D eigenvalue weighted by atomic mass is 35.5. The average molecular weight is 493 g/mol. The molecule has 1 N–H and O–H groups in total. The van der Waals surface area contributed by atoms with Crippen molar-refractivity contribution in [2.45, 2.75) is 34.3 Å². The first-order valence-electron chi connectivity index (χ1n) is 10.1. The van der Waals surface area contributed by atoms with Crippen molar-refractivity contribution in [2.75, 3.05) is 11.9 Å². The first-order valence-corrected chi connectivity index (χ1v) is 11.2. The lowest BCUT2D eigenvalue weighted by atomic mass is 10.1. The molecule has 0 aliphatic rings. The van der Waals surface area contributed by atoms with Crippen LogP contribution in [0, 0.1) is 20.8 Å². The normalized spacial score (nSPS) is 10.7. The molecule has 0 aliphatic heterocycles. The number of hydrogen-bond acceptors (Lipinski definition) is 3. The summed E-state index contributed by atoms with van der Waals surface area (Å²) in [5.74, 6) is 1.14. The molecule has 0 bridgehead atoms. The van der Waals surface area contributed by atoms with Gasteiger partial charge in [-0.25, -0.2) is 0 Å². The highest BCUT2D eigenvalue weighted by Crippen LogP contribution is 2.33. The Bertz CT molecular complexity index is 1160. The fourth-order valence-electron chi connectivity index (χ4n) is 3.25. The largest absolute Gasteiger partial charge is 0.493 e. The maximum absolute atomic E-state index is 12.9. The molecule has 0 radical (unpaired) electrons. The third-order valence-corrected chi connectivity index (χ3v) is 6.06. The first kappa shape index (κ1) is 24.2. The highest BCUT2D eigenvalue weighted by molar-refractivity contribution is 6.44. The third-order valence-electron chi connectivity index (χ3n) is 5.03. The first-order chi connectivity index (χ1) is 15.2. The van der Waals surface area contributed by atoms with Gasteiger partial charge in [0.25, 0.3) is 5.91 Å². The van der Waals surface area contributed by atoms with Crippen LogP contribution in [0.4, 0.5) is 5.69 Å². The lowest BCUT2D eigenvalue weighted by molar-refractivity contribution is 0.102. The van der Waals surface area contributed by atoms with Crippen molar-refractivity contribution >= 4 is 46.4 Å². The van der Waals surface area contributed by atoms with Crippen molar-refractivity contribution in [3.63, 3.8) is 0 Å². The predicted molar refractivity (Wildman–Crippen MR) is 132 cm³/mol. The standard InChI is InChI=1S/C25H24Cl3NO3/c1-5-31-23-7-6-17(25(30)29-22-12-20(27)19(26)11-21(22)28)10-18(23)13-32-24-9-14(2)8-15(3)16(24)4/h6-12H,5,13H2,1-4H3,(H,29,30). The minimum atomic E-state index is -0.336. The smallest absolute Gasteiger partial charge is 0.255 e. The zero-order valence-corrected chi connectivity index (χ0v) is 20.6. The summed E-state index contributed by atoms with van der Waals surface area (Å²) in [6.07, 6.45) is 0. The zero-order valence-electron chi connectivity index (χ0n) is 18.3. The van der Waals surface area contributed by atoms with Gasteiger partial charge in [0, 0.05) is 11.1 Å². The van der Waals surface area contributed by atoms with Crippen LogP contribution in [0.2, 0.25) is 15.1 Å². The van der Waals surface area contributed by atoms with E-state index in [1.807, 2.05) is 26.8 Å². The SMILES string of the molecule is CCOc1ccc(C(=O)Nc2cc(Cl)c(Cl)cc2Cl)cc1COc1cc(C)cc(C)c1C. The number of carbonyl (C=O) groups is 1. The Labute approximate surface area is 203 Å². The van der Waals surface area contributed by atoms with E-state index in [2.05, 4.69) is 18.3 Å². The number of hydrogen-bond donors (Lipinski definition) is 1. The Hall–Kier alpha value is -2.40. The number of ether oxygens (including phenoxy) is 2. The molecule has 0 heterocycles. The van der Waals surface area contributed by atoms with Crippen molar-refractivity contribution in [2.24, 2.45) is 0 Å². The van der Waals surface area contributed by atoms with Crippen molar-refractivity contribution < 1.29 is 14.3 Å². The molecule has 3 rings (SSSR count). The Kier molecular flexibility index (Phi) is 7.94. The van der Waals surface area contributed by atoms with Crippen LogP contribution in [0.25, 0.3) is 0 Å². The van der Waals surface area contributed by atoms with Gasteiger partial charge in [-0.1, -0.05) is 40.9 Å². The molecule has 1 amide bonds. The van der Waals surface area contributed by atoms with Crippen LogP contribution in [0.1, 0.15) is 39.5 Å². The van der Waals surface area contributed by atoms with Crippen molar-refractivity contribution in [3.8, 4) is 11.5 Å². The lowest BCUT2D eigenvalue weighted by Crippen LogP contribution is -2.13. The van der Waals surface area contributed by atoms with Crippen LogP contribution in [0.15, 0.2) is 42.5 Å².